The minimum atomic E-state index is -4.68. The highest BCUT2D eigenvalue weighted by molar-refractivity contribution is 5.93. The lowest BCUT2D eigenvalue weighted by atomic mass is 10.2. The molecule has 0 unspecified atom stereocenters. The van der Waals surface area contributed by atoms with Crippen LogP contribution in [0.5, 0.6) is 0 Å². The predicted octanol–water partition coefficient (Wildman–Crippen LogP) is 4.80. The van der Waals surface area contributed by atoms with Gasteiger partial charge in [-0.15, -0.1) is 0 Å². The average Bonchev–Trinajstić information content (AvgIpc) is 3.21. The maximum absolute atomic E-state index is 13.5. The lowest BCUT2D eigenvalue weighted by Crippen LogP contribution is -2.23. The van der Waals surface area contributed by atoms with Gasteiger partial charge in [0.05, 0.1) is 33.8 Å². The smallest absolute Gasteiger partial charge is 0.321 e. The van der Waals surface area contributed by atoms with Gasteiger partial charge in [0.25, 0.3) is 0 Å². The lowest BCUT2D eigenvalue weighted by Gasteiger charge is -2.12. The van der Waals surface area contributed by atoms with Crippen molar-refractivity contribution >= 4 is 22.6 Å². The number of alkyl halides is 3. The molecule has 31 heavy (non-hydrogen) atoms. The zero-order valence-corrected chi connectivity index (χ0v) is 17.2. The number of carbonyl (C=O) groups excluding carboxylic acids is 1. The van der Waals surface area contributed by atoms with Crippen LogP contribution in [0, 0.1) is 20.8 Å². The van der Waals surface area contributed by atoms with E-state index in [1.165, 1.54) is 12.1 Å². The molecule has 1 amide bonds. The summed E-state index contributed by atoms with van der Waals surface area (Å²) in [6, 6.07) is 13.9. The number of carbonyl (C=O) groups is 1. The van der Waals surface area contributed by atoms with Gasteiger partial charge < -0.3 is 9.88 Å². The highest BCUT2D eigenvalue weighted by Gasteiger charge is 2.38. The molecule has 4 aromatic rings. The van der Waals surface area contributed by atoms with Gasteiger partial charge in [0, 0.05) is 0 Å². The van der Waals surface area contributed by atoms with Crippen molar-refractivity contribution in [2.45, 2.75) is 33.5 Å². The standard InChI is InChI=1S/C22H20F3N5O/c1-13-8-10-16(11-9-13)30-15(3)20(14(2)28-30)27-19(31)12-29-18-7-5-4-6-17(18)26-21(29)22(23,24)25/h4-11H,12H2,1-3H3,(H,27,31). The molecule has 0 spiro atoms. The van der Waals surface area contributed by atoms with Crippen LogP contribution in [0.25, 0.3) is 16.7 Å². The number of nitrogens with one attached hydrogen (secondary N) is 1. The second kappa shape index (κ2) is 7.57. The summed E-state index contributed by atoms with van der Waals surface area (Å²) in [4.78, 5) is 16.4. The van der Waals surface area contributed by atoms with Gasteiger partial charge in [0.2, 0.25) is 11.7 Å². The molecule has 6 nitrogen and oxygen atoms in total. The van der Waals surface area contributed by atoms with Gasteiger partial charge in [-0.25, -0.2) is 9.67 Å². The van der Waals surface area contributed by atoms with Crippen molar-refractivity contribution in [1.29, 1.82) is 0 Å². The zero-order valence-electron chi connectivity index (χ0n) is 17.2. The maximum atomic E-state index is 13.5. The van der Waals surface area contributed by atoms with Crippen molar-refractivity contribution in [3.63, 3.8) is 0 Å². The molecule has 1 N–H and O–H groups in total. The molecule has 0 aliphatic heterocycles. The van der Waals surface area contributed by atoms with Crippen LogP contribution in [-0.4, -0.2) is 25.2 Å². The third-order valence-corrected chi connectivity index (χ3v) is 5.04. The summed E-state index contributed by atoms with van der Waals surface area (Å²) in [5.74, 6) is -1.70. The number of rotatable bonds is 4. The molecule has 0 saturated heterocycles. The van der Waals surface area contributed by atoms with Crippen LogP contribution in [0.15, 0.2) is 48.5 Å². The van der Waals surface area contributed by atoms with Crippen LogP contribution in [0.3, 0.4) is 0 Å². The van der Waals surface area contributed by atoms with E-state index in [4.69, 9.17) is 0 Å². The van der Waals surface area contributed by atoms with Crippen molar-refractivity contribution in [3.05, 3.63) is 71.3 Å². The summed E-state index contributed by atoms with van der Waals surface area (Å²) in [5.41, 5.74) is 4.08. The van der Waals surface area contributed by atoms with Crippen molar-refractivity contribution < 1.29 is 18.0 Å². The summed E-state index contributed by atoms with van der Waals surface area (Å²) in [6.45, 7) is 4.99. The molecule has 2 aromatic heterocycles. The van der Waals surface area contributed by atoms with Gasteiger partial charge in [-0.3, -0.25) is 4.79 Å². The summed E-state index contributed by atoms with van der Waals surface area (Å²) >= 11 is 0. The molecule has 0 radical (unpaired) electrons. The Labute approximate surface area is 176 Å². The first-order valence-electron chi connectivity index (χ1n) is 9.60. The number of hydrogen-bond acceptors (Lipinski definition) is 3. The molecule has 2 aromatic carbocycles. The van der Waals surface area contributed by atoms with Crippen LogP contribution < -0.4 is 5.32 Å². The van der Waals surface area contributed by atoms with E-state index >= 15 is 0 Å². The van der Waals surface area contributed by atoms with Gasteiger partial charge in [0.1, 0.15) is 6.54 Å². The van der Waals surface area contributed by atoms with Gasteiger partial charge in [-0.1, -0.05) is 29.8 Å². The minimum Gasteiger partial charge on any atom is -0.321 e. The number of halogens is 3. The van der Waals surface area contributed by atoms with Crippen molar-refractivity contribution in [1.82, 2.24) is 19.3 Å². The Morgan fingerprint density at radius 3 is 2.39 bits per heavy atom. The number of benzene rings is 2. The van der Waals surface area contributed by atoms with E-state index < -0.39 is 24.5 Å². The topological polar surface area (TPSA) is 64.7 Å². The van der Waals surface area contributed by atoms with E-state index in [1.54, 1.807) is 30.7 Å². The van der Waals surface area contributed by atoms with Crippen molar-refractivity contribution in [2.75, 3.05) is 5.32 Å². The second-order valence-electron chi connectivity index (χ2n) is 7.35. The first-order chi connectivity index (χ1) is 14.6. The third kappa shape index (κ3) is 3.90. The van der Waals surface area contributed by atoms with Crippen LogP contribution in [0.4, 0.5) is 18.9 Å². The largest absolute Gasteiger partial charge is 0.449 e. The van der Waals surface area contributed by atoms with E-state index in [2.05, 4.69) is 15.4 Å². The third-order valence-electron chi connectivity index (χ3n) is 5.04. The summed E-state index contributed by atoms with van der Waals surface area (Å²) in [6.07, 6.45) is -4.68. The molecule has 160 valence electrons. The second-order valence-corrected chi connectivity index (χ2v) is 7.35. The quantitative estimate of drug-likeness (QED) is 0.509. The Morgan fingerprint density at radius 2 is 1.71 bits per heavy atom. The normalized spacial score (nSPS) is 11.8. The Balaban J connectivity index is 1.64. The molecule has 4 rings (SSSR count). The molecule has 0 aliphatic rings. The fourth-order valence-electron chi connectivity index (χ4n) is 3.54. The highest BCUT2D eigenvalue weighted by atomic mass is 19.4. The Bertz CT molecular complexity index is 1270. The summed E-state index contributed by atoms with van der Waals surface area (Å²) in [5, 5.41) is 7.19. The number of amides is 1. The highest BCUT2D eigenvalue weighted by Crippen LogP contribution is 2.31. The number of fused-ring (bicyclic) bond motifs is 1. The van der Waals surface area contributed by atoms with Crippen molar-refractivity contribution in [3.8, 4) is 5.69 Å². The molecular formula is C22H20F3N5O. The van der Waals surface area contributed by atoms with Crippen LogP contribution in [0.2, 0.25) is 0 Å². The molecule has 0 saturated carbocycles. The fourth-order valence-corrected chi connectivity index (χ4v) is 3.54. The van der Waals surface area contributed by atoms with Gasteiger partial charge in [-0.2, -0.15) is 18.3 Å². The fraction of sp³-hybridized carbons (Fsp3) is 0.227. The summed E-state index contributed by atoms with van der Waals surface area (Å²) < 4.78 is 43.0. The van der Waals surface area contributed by atoms with Crippen molar-refractivity contribution in [2.24, 2.45) is 0 Å². The molecule has 0 fully saturated rings. The first-order valence-corrected chi connectivity index (χ1v) is 9.60. The molecule has 9 heteroatoms. The molecule has 0 aliphatic carbocycles. The Kier molecular flexibility index (Phi) is 5.04. The van der Waals surface area contributed by atoms with E-state index in [0.717, 1.165) is 15.8 Å². The van der Waals surface area contributed by atoms with Gasteiger partial charge >= 0.3 is 6.18 Å². The maximum Gasteiger partial charge on any atom is 0.449 e. The first kappa shape index (κ1) is 20.6. The lowest BCUT2D eigenvalue weighted by molar-refractivity contribution is -0.147. The monoisotopic (exact) mass is 427 g/mol. The Morgan fingerprint density at radius 1 is 1.03 bits per heavy atom. The SMILES string of the molecule is Cc1ccc(-n2nc(C)c(NC(=O)Cn3c(C(F)(F)F)nc4ccccc43)c2C)cc1. The number of imidazole rings is 1. The van der Waals surface area contributed by atoms with E-state index in [1.807, 2.05) is 31.2 Å². The van der Waals surface area contributed by atoms with E-state index in [9.17, 15) is 18.0 Å². The number of para-hydroxylation sites is 2. The molecule has 2 heterocycles. The zero-order chi connectivity index (χ0) is 22.3. The van der Waals surface area contributed by atoms with Crippen LogP contribution in [-0.2, 0) is 17.5 Å². The average molecular weight is 427 g/mol. The molecule has 0 bridgehead atoms. The number of hydrogen-bond donors (Lipinski definition) is 1. The van der Waals surface area contributed by atoms with Gasteiger partial charge in [-0.05, 0) is 45.0 Å². The van der Waals surface area contributed by atoms with E-state index in [0.29, 0.717) is 17.1 Å². The van der Waals surface area contributed by atoms with Gasteiger partial charge in [0.15, 0.2) is 0 Å². The van der Waals surface area contributed by atoms with Crippen LogP contribution >= 0.6 is 0 Å². The number of aryl methyl sites for hydroxylation is 2. The summed E-state index contributed by atoms with van der Waals surface area (Å²) in [7, 11) is 0. The number of nitrogens with zero attached hydrogens (tertiary/aromatic N) is 4. The van der Waals surface area contributed by atoms with E-state index in [-0.39, 0.29) is 11.0 Å². The number of aromatic nitrogens is 4. The molecular weight excluding hydrogens is 407 g/mol. The predicted molar refractivity (Wildman–Crippen MR) is 111 cm³/mol. The Hall–Kier alpha value is -3.62. The van der Waals surface area contributed by atoms with Crippen LogP contribution in [0.1, 0.15) is 22.8 Å². The minimum absolute atomic E-state index is 0.183. The molecule has 0 atom stereocenters. The number of anilines is 1.